The quantitative estimate of drug-likeness (QED) is 0.103. The molecule has 0 unspecified atom stereocenters. The molecule has 0 bridgehead atoms. The van der Waals surface area contributed by atoms with Crippen LogP contribution in [-0.2, 0) is 0 Å². The van der Waals surface area contributed by atoms with Crippen molar-refractivity contribution in [2.24, 2.45) is 0 Å². The standard InChI is InChI=1S/C49H29N5S2.C49H31N5S2/c1-4-13-30(14-5-1)31-23-25-34(26-24-31)46-50-42-38-19-10-11-22-40(38)55-45(42)43(51-46)39-21-12-20-37-36-28-27-35(29-41(36)56-44(37)39)49-53-47(32-15-6-2-7-16-32)52-48(54-49)33-17-8-3-9-18-33;1-5-14-34(15-6-1)46-50-31-43(55-38-20-11-4-12-21-38)44(51-46)33-26-24-32(25-27-33)39-22-13-23-41-40-29-28-37(30-42(40)56-45(39)41)49-53-47(35-16-7-2-8-17-35)52-48(54-49)36-18-9-3-10-19-36/h1-29H;1-31H. The van der Waals surface area contributed by atoms with Crippen LogP contribution in [0.15, 0.2) is 374 Å². The van der Waals surface area contributed by atoms with Crippen LogP contribution in [0.2, 0.25) is 0 Å². The van der Waals surface area contributed by atoms with Crippen LogP contribution in [0.3, 0.4) is 0 Å². The number of aromatic nitrogens is 10. The van der Waals surface area contributed by atoms with E-state index in [0.29, 0.717) is 46.6 Å². The lowest BCUT2D eigenvalue weighted by Crippen LogP contribution is -1.99. The van der Waals surface area contributed by atoms with Gasteiger partial charge < -0.3 is 0 Å². The van der Waals surface area contributed by atoms with Gasteiger partial charge >= 0.3 is 0 Å². The molecule has 0 aliphatic carbocycles. The van der Waals surface area contributed by atoms with Crippen LogP contribution in [0.4, 0.5) is 0 Å². The molecule has 112 heavy (non-hydrogen) atoms. The van der Waals surface area contributed by atoms with Gasteiger partial charge in [-0.25, -0.2) is 49.8 Å². The Hall–Kier alpha value is -13.7. The third kappa shape index (κ3) is 13.3. The van der Waals surface area contributed by atoms with Crippen LogP contribution in [0.1, 0.15) is 0 Å². The number of hydrogen-bond acceptors (Lipinski definition) is 14. The maximum absolute atomic E-state index is 5.38. The number of rotatable bonds is 14. The summed E-state index contributed by atoms with van der Waals surface area (Å²) in [6.07, 6.45) is 1.95. The van der Waals surface area contributed by atoms with Gasteiger partial charge in [-0.15, -0.1) is 34.0 Å². The summed E-state index contributed by atoms with van der Waals surface area (Å²) in [6, 6.07) is 124. The largest absolute Gasteiger partial charge is 0.235 e. The zero-order valence-electron chi connectivity index (χ0n) is 59.7. The fourth-order valence-electron chi connectivity index (χ4n) is 14.3. The van der Waals surface area contributed by atoms with Crippen molar-refractivity contribution in [3.63, 3.8) is 0 Å². The van der Waals surface area contributed by atoms with Crippen molar-refractivity contribution in [2.45, 2.75) is 9.79 Å². The summed E-state index contributed by atoms with van der Waals surface area (Å²) in [5, 5.41) is 5.97. The SMILES string of the molecule is c1ccc(-c2ccc(-c3nc(-c4cccc5c4sc4cc(-c6nc(-c7ccccc7)nc(-c7ccccc7)n6)ccc45)c4sc5ccccc5c4n3)cc2)cc1.c1ccc(Sc2cnc(-c3ccccc3)nc2-c2ccc(-c3cccc4c3sc3cc(-c5nc(-c6ccccc6)nc(-c6ccccc6)n5)ccc34)cc2)cc1. The highest BCUT2D eigenvalue weighted by Gasteiger charge is 2.23. The Morgan fingerprint density at radius 2 is 0.554 bits per heavy atom. The Kier molecular flexibility index (Phi) is 17.9. The minimum atomic E-state index is 0.642. The van der Waals surface area contributed by atoms with Gasteiger partial charge in [0.1, 0.15) is 0 Å². The summed E-state index contributed by atoms with van der Waals surface area (Å²) in [5.74, 6) is 5.32. The molecule has 0 saturated carbocycles. The molecule has 0 atom stereocenters. The maximum atomic E-state index is 5.38. The first kappa shape index (κ1) is 67.6. The van der Waals surface area contributed by atoms with Crippen molar-refractivity contribution in [3.05, 3.63) is 364 Å². The molecule has 0 N–H and O–H groups in total. The molecule has 0 aliphatic heterocycles. The molecule has 7 heterocycles. The van der Waals surface area contributed by atoms with E-state index in [1.165, 1.54) is 51.5 Å². The first-order valence-corrected chi connectivity index (χ1v) is 40.0. The smallest absolute Gasteiger partial charge is 0.164 e. The van der Waals surface area contributed by atoms with E-state index in [0.717, 1.165) is 108 Å². The zero-order chi connectivity index (χ0) is 74.3. The molecule has 526 valence electrons. The summed E-state index contributed by atoms with van der Waals surface area (Å²) < 4.78 is 7.06. The van der Waals surface area contributed by atoms with Crippen molar-refractivity contribution >= 4 is 106 Å². The molecule has 0 aliphatic rings. The van der Waals surface area contributed by atoms with E-state index in [4.69, 9.17) is 49.8 Å². The van der Waals surface area contributed by atoms with Gasteiger partial charge in [0.2, 0.25) is 0 Å². The van der Waals surface area contributed by atoms with E-state index in [1.807, 2.05) is 158 Å². The van der Waals surface area contributed by atoms with Gasteiger partial charge in [0, 0.05) is 117 Å². The minimum absolute atomic E-state index is 0.642. The van der Waals surface area contributed by atoms with Crippen LogP contribution in [0, 0.1) is 0 Å². The number of nitrogens with zero attached hydrogens (tertiary/aromatic N) is 10. The second kappa shape index (κ2) is 29.7. The summed E-state index contributed by atoms with van der Waals surface area (Å²) in [4.78, 5) is 52.4. The monoisotopic (exact) mass is 1500 g/mol. The fourth-order valence-corrected chi connectivity index (χ4v) is 18.9. The lowest BCUT2D eigenvalue weighted by molar-refractivity contribution is 1.07. The molecule has 14 heteroatoms. The van der Waals surface area contributed by atoms with Crippen molar-refractivity contribution < 1.29 is 0 Å². The van der Waals surface area contributed by atoms with E-state index >= 15 is 0 Å². The highest BCUT2D eigenvalue weighted by molar-refractivity contribution is 7.99. The Bertz CT molecular complexity index is 6940. The molecule has 14 aromatic carbocycles. The summed E-state index contributed by atoms with van der Waals surface area (Å²) in [7, 11) is 0. The van der Waals surface area contributed by atoms with Gasteiger partial charge in [-0.1, -0.05) is 339 Å². The van der Waals surface area contributed by atoms with Crippen LogP contribution < -0.4 is 0 Å². The van der Waals surface area contributed by atoms with E-state index in [9.17, 15) is 0 Å². The van der Waals surface area contributed by atoms with Gasteiger partial charge in [0.05, 0.1) is 26.5 Å². The molecule has 21 aromatic rings. The Morgan fingerprint density at radius 3 is 1.06 bits per heavy atom. The summed E-state index contributed by atoms with van der Waals surface area (Å²) in [5.41, 5.74) is 17.4. The van der Waals surface area contributed by atoms with Gasteiger partial charge in [-0.2, -0.15) is 0 Å². The third-order valence-corrected chi connectivity index (χ3v) is 24.5. The van der Waals surface area contributed by atoms with Crippen LogP contribution >= 0.6 is 45.8 Å². The van der Waals surface area contributed by atoms with Crippen molar-refractivity contribution in [1.29, 1.82) is 0 Å². The number of hydrogen-bond donors (Lipinski definition) is 0. The normalized spacial score (nSPS) is 11.4. The maximum Gasteiger partial charge on any atom is 0.164 e. The minimum Gasteiger partial charge on any atom is -0.235 e. The molecule has 0 amide bonds. The van der Waals surface area contributed by atoms with Crippen LogP contribution in [-0.4, -0.2) is 49.8 Å². The molecule has 0 radical (unpaired) electrons. The Balaban J connectivity index is 0.000000146. The molecule has 10 nitrogen and oxygen atoms in total. The average Bonchev–Trinajstić information content (AvgIpc) is 1.58. The molecule has 7 aromatic heterocycles. The summed E-state index contributed by atoms with van der Waals surface area (Å²) in [6.45, 7) is 0. The lowest BCUT2D eigenvalue weighted by atomic mass is 10.0. The molecule has 0 spiro atoms. The number of benzene rings is 14. The Morgan fingerprint density at radius 1 is 0.205 bits per heavy atom. The number of fused-ring (bicyclic) bond motifs is 9. The molecular formula is C98H60N10S4. The first-order chi connectivity index (χ1) is 55.5. The zero-order valence-corrected chi connectivity index (χ0v) is 63.0. The first-order valence-electron chi connectivity index (χ1n) is 36.7. The van der Waals surface area contributed by atoms with Crippen LogP contribution in [0.5, 0.6) is 0 Å². The predicted octanol–water partition coefficient (Wildman–Crippen LogP) is 26.6. The van der Waals surface area contributed by atoms with Gasteiger partial charge in [-0.3, -0.25) is 0 Å². The van der Waals surface area contributed by atoms with E-state index in [1.54, 1.807) is 45.8 Å². The fraction of sp³-hybridized carbons (Fsp3) is 0. The van der Waals surface area contributed by atoms with E-state index in [-0.39, 0.29) is 0 Å². The molecule has 0 saturated heterocycles. The molecule has 21 rings (SSSR count). The number of thiophene rings is 3. The summed E-state index contributed by atoms with van der Waals surface area (Å²) >= 11 is 7.02. The lowest BCUT2D eigenvalue weighted by Gasteiger charge is -2.12. The van der Waals surface area contributed by atoms with Gasteiger partial charge in [0.25, 0.3) is 0 Å². The topological polar surface area (TPSA) is 129 Å². The molecular weight excluding hydrogens is 1450 g/mol. The van der Waals surface area contributed by atoms with E-state index < -0.39 is 0 Å². The molecule has 0 fully saturated rings. The average molecular weight is 1510 g/mol. The highest BCUT2D eigenvalue weighted by atomic mass is 32.2. The third-order valence-electron chi connectivity index (χ3n) is 19.9. The van der Waals surface area contributed by atoms with E-state index in [2.05, 4.69) is 206 Å². The highest BCUT2D eigenvalue weighted by Crippen LogP contribution is 2.47. The van der Waals surface area contributed by atoms with Crippen molar-refractivity contribution in [1.82, 2.24) is 49.8 Å². The second-order valence-electron chi connectivity index (χ2n) is 26.9. The van der Waals surface area contributed by atoms with Gasteiger partial charge in [0.15, 0.2) is 46.6 Å². The van der Waals surface area contributed by atoms with Crippen molar-refractivity contribution in [3.8, 4) is 136 Å². The van der Waals surface area contributed by atoms with Crippen molar-refractivity contribution in [2.75, 3.05) is 0 Å². The van der Waals surface area contributed by atoms with Gasteiger partial charge in [-0.05, 0) is 52.6 Å². The predicted molar refractivity (Wildman–Crippen MR) is 465 cm³/mol. The van der Waals surface area contributed by atoms with Crippen LogP contribution in [0.25, 0.3) is 197 Å². The Labute approximate surface area is 661 Å². The second-order valence-corrected chi connectivity index (χ2v) is 31.2.